The van der Waals surface area contributed by atoms with Gasteiger partial charge in [0.1, 0.15) is 0 Å². The summed E-state index contributed by atoms with van der Waals surface area (Å²) in [5.74, 6) is -2.16. The number of hydrogen-bond acceptors (Lipinski definition) is 6. The van der Waals surface area contributed by atoms with Crippen LogP contribution in [0.1, 0.15) is 34.6 Å². The second-order valence-electron chi connectivity index (χ2n) is 6.25. The van der Waals surface area contributed by atoms with Gasteiger partial charge >= 0.3 is 5.97 Å². The van der Waals surface area contributed by atoms with Gasteiger partial charge in [0.15, 0.2) is 6.61 Å². The van der Waals surface area contributed by atoms with Crippen LogP contribution in [0.5, 0.6) is 0 Å². The largest absolute Gasteiger partial charge is 0.452 e. The number of hydrogen-bond donors (Lipinski definition) is 3. The van der Waals surface area contributed by atoms with E-state index in [-0.39, 0.29) is 16.5 Å². The van der Waals surface area contributed by atoms with Crippen LogP contribution in [-0.4, -0.2) is 38.9 Å². The van der Waals surface area contributed by atoms with Crippen LogP contribution in [-0.2, 0) is 19.6 Å². The summed E-state index contributed by atoms with van der Waals surface area (Å²) in [7, 11) is -3.78. The Hall–Kier alpha value is -3.24. The van der Waals surface area contributed by atoms with Gasteiger partial charge in [-0.15, -0.1) is 0 Å². The zero-order valence-electron chi connectivity index (χ0n) is 15.8. The number of esters is 1. The first-order valence-corrected chi connectivity index (χ1v) is 10.1. The fourth-order valence-corrected chi connectivity index (χ4v) is 3.50. The topological polar surface area (TPSA) is 131 Å². The van der Waals surface area contributed by atoms with Crippen LogP contribution in [0.3, 0.4) is 0 Å². The van der Waals surface area contributed by atoms with Gasteiger partial charge in [0, 0.05) is 11.6 Å². The Morgan fingerprint density at radius 1 is 0.931 bits per heavy atom. The van der Waals surface area contributed by atoms with Gasteiger partial charge < -0.3 is 4.74 Å². The maximum absolute atomic E-state index is 12.2. The van der Waals surface area contributed by atoms with Crippen molar-refractivity contribution < 1.29 is 27.5 Å². The lowest BCUT2D eigenvalue weighted by Gasteiger charge is -2.11. The summed E-state index contributed by atoms with van der Waals surface area (Å²) in [6, 6.07) is 13.2. The van der Waals surface area contributed by atoms with Crippen molar-refractivity contribution in [1.82, 2.24) is 15.6 Å². The Labute approximate surface area is 168 Å². The van der Waals surface area contributed by atoms with Crippen molar-refractivity contribution in [3.63, 3.8) is 0 Å². The molecule has 0 aromatic heterocycles. The first-order valence-electron chi connectivity index (χ1n) is 8.63. The number of amides is 2. The lowest BCUT2D eigenvalue weighted by Crippen LogP contribution is -2.43. The number of carbonyl (C=O) groups excluding carboxylic acids is 3. The highest BCUT2D eigenvalue weighted by Gasteiger charge is 2.18. The summed E-state index contributed by atoms with van der Waals surface area (Å²) in [4.78, 5) is 35.6. The Kier molecular flexibility index (Phi) is 7.46. The van der Waals surface area contributed by atoms with Crippen molar-refractivity contribution in [2.45, 2.75) is 24.8 Å². The van der Waals surface area contributed by atoms with E-state index in [4.69, 9.17) is 4.74 Å². The monoisotopic (exact) mass is 419 g/mol. The van der Waals surface area contributed by atoms with Crippen LogP contribution in [0.2, 0.25) is 0 Å². The predicted octanol–water partition coefficient (Wildman–Crippen LogP) is 0.991. The van der Waals surface area contributed by atoms with E-state index in [9.17, 15) is 22.8 Å². The number of sulfonamides is 1. The molecule has 0 saturated carbocycles. The average molecular weight is 419 g/mol. The molecular weight excluding hydrogens is 398 g/mol. The number of carbonyl (C=O) groups is 3. The Morgan fingerprint density at radius 3 is 2.24 bits per heavy atom. The minimum atomic E-state index is -3.78. The number of ether oxygens (including phenoxy) is 1. The average Bonchev–Trinajstić information content (AvgIpc) is 2.70. The maximum Gasteiger partial charge on any atom is 0.338 e. The Bertz CT molecular complexity index is 990. The number of hydrazine groups is 1. The molecule has 2 aromatic rings. The highest BCUT2D eigenvalue weighted by molar-refractivity contribution is 7.89. The van der Waals surface area contributed by atoms with Gasteiger partial charge in [-0.05, 0) is 44.2 Å². The third-order valence-electron chi connectivity index (χ3n) is 3.46. The zero-order chi connectivity index (χ0) is 21.4. The summed E-state index contributed by atoms with van der Waals surface area (Å²) in [6.45, 7) is 2.69. The minimum Gasteiger partial charge on any atom is -0.452 e. The molecule has 2 amide bonds. The highest BCUT2D eigenvalue weighted by Crippen LogP contribution is 2.13. The molecule has 0 radical (unpaired) electrons. The number of rotatable bonds is 7. The molecule has 154 valence electrons. The van der Waals surface area contributed by atoms with E-state index in [0.717, 1.165) is 6.07 Å². The smallest absolute Gasteiger partial charge is 0.338 e. The maximum atomic E-state index is 12.2. The Balaban J connectivity index is 1.90. The molecule has 10 heteroatoms. The van der Waals surface area contributed by atoms with Crippen LogP contribution in [0, 0.1) is 0 Å². The highest BCUT2D eigenvalue weighted by atomic mass is 32.2. The zero-order valence-corrected chi connectivity index (χ0v) is 16.7. The van der Waals surface area contributed by atoms with Gasteiger partial charge in [0.25, 0.3) is 11.8 Å². The van der Waals surface area contributed by atoms with E-state index in [1.807, 2.05) is 0 Å². The summed E-state index contributed by atoms with van der Waals surface area (Å²) in [5, 5.41) is 0. The lowest BCUT2D eigenvalue weighted by molar-refractivity contribution is -0.125. The van der Waals surface area contributed by atoms with Crippen molar-refractivity contribution in [1.29, 1.82) is 0 Å². The molecule has 29 heavy (non-hydrogen) atoms. The van der Waals surface area contributed by atoms with Crippen LogP contribution in [0.25, 0.3) is 0 Å². The predicted molar refractivity (Wildman–Crippen MR) is 104 cm³/mol. The van der Waals surface area contributed by atoms with Crippen molar-refractivity contribution in [3.05, 3.63) is 65.7 Å². The molecule has 0 atom stereocenters. The summed E-state index contributed by atoms with van der Waals surface area (Å²) < 4.78 is 31.6. The minimum absolute atomic E-state index is 0.0299. The van der Waals surface area contributed by atoms with Gasteiger partial charge in [-0.25, -0.2) is 17.9 Å². The van der Waals surface area contributed by atoms with Crippen molar-refractivity contribution in [2.24, 2.45) is 0 Å². The fourth-order valence-electron chi connectivity index (χ4n) is 2.21. The van der Waals surface area contributed by atoms with Crippen LogP contribution in [0.15, 0.2) is 59.5 Å². The molecule has 0 bridgehead atoms. The van der Waals surface area contributed by atoms with Crippen LogP contribution >= 0.6 is 0 Å². The van der Waals surface area contributed by atoms with Gasteiger partial charge in [-0.2, -0.15) is 0 Å². The molecule has 0 spiro atoms. The van der Waals surface area contributed by atoms with E-state index in [2.05, 4.69) is 15.6 Å². The third-order valence-corrected chi connectivity index (χ3v) is 5.11. The van der Waals surface area contributed by atoms with Crippen LogP contribution in [0.4, 0.5) is 0 Å². The molecule has 0 unspecified atom stereocenters. The van der Waals surface area contributed by atoms with Gasteiger partial charge in [-0.1, -0.05) is 24.3 Å². The van der Waals surface area contributed by atoms with Crippen molar-refractivity contribution in [3.8, 4) is 0 Å². The molecule has 0 saturated heterocycles. The number of benzene rings is 2. The summed E-state index contributed by atoms with van der Waals surface area (Å²) in [5.41, 5.74) is 4.63. The second kappa shape index (κ2) is 9.80. The van der Waals surface area contributed by atoms with Crippen molar-refractivity contribution in [2.75, 3.05) is 6.61 Å². The molecule has 0 heterocycles. The molecular formula is C19H21N3O6S. The van der Waals surface area contributed by atoms with Crippen LogP contribution < -0.4 is 15.6 Å². The quantitative estimate of drug-likeness (QED) is 0.453. The third kappa shape index (κ3) is 6.70. The van der Waals surface area contributed by atoms with E-state index < -0.39 is 34.4 Å². The first-order chi connectivity index (χ1) is 13.7. The summed E-state index contributed by atoms with van der Waals surface area (Å²) >= 11 is 0. The first kappa shape index (κ1) is 22.1. The molecule has 0 fully saturated rings. The normalized spacial score (nSPS) is 11.0. The second-order valence-corrected chi connectivity index (χ2v) is 7.96. The SMILES string of the molecule is CC(C)NS(=O)(=O)c1cccc(C(=O)OCC(=O)NNC(=O)c2ccccc2)c1. The molecule has 2 rings (SSSR count). The molecule has 0 aliphatic carbocycles. The molecule has 0 aliphatic rings. The Morgan fingerprint density at radius 2 is 1.59 bits per heavy atom. The summed E-state index contributed by atoms with van der Waals surface area (Å²) in [6.07, 6.45) is 0. The van der Waals surface area contributed by atoms with Gasteiger partial charge in [0.2, 0.25) is 10.0 Å². The number of nitrogens with one attached hydrogen (secondary N) is 3. The van der Waals surface area contributed by atoms with E-state index in [1.165, 1.54) is 18.2 Å². The molecule has 2 aromatic carbocycles. The van der Waals surface area contributed by atoms with Crippen molar-refractivity contribution >= 4 is 27.8 Å². The molecule has 9 nitrogen and oxygen atoms in total. The molecule has 3 N–H and O–H groups in total. The van der Waals surface area contributed by atoms with E-state index >= 15 is 0 Å². The van der Waals surface area contributed by atoms with Gasteiger partial charge in [0.05, 0.1) is 10.5 Å². The standard InChI is InChI=1S/C19H21N3O6S/c1-13(2)22-29(26,27)16-10-6-9-15(11-16)19(25)28-12-17(23)20-21-18(24)14-7-4-3-5-8-14/h3-11,13,22H,12H2,1-2H3,(H,20,23)(H,21,24). The lowest BCUT2D eigenvalue weighted by atomic mass is 10.2. The van der Waals surface area contributed by atoms with E-state index in [1.54, 1.807) is 44.2 Å². The molecule has 0 aliphatic heterocycles. The fraction of sp³-hybridized carbons (Fsp3) is 0.211. The van der Waals surface area contributed by atoms with E-state index in [0.29, 0.717) is 5.56 Å². The van der Waals surface area contributed by atoms with Gasteiger partial charge in [-0.3, -0.25) is 20.4 Å².